The van der Waals surface area contributed by atoms with Crippen molar-refractivity contribution in [2.45, 2.75) is 94.9 Å². The van der Waals surface area contributed by atoms with Crippen molar-refractivity contribution in [3.8, 4) is 28.2 Å². The lowest BCUT2D eigenvalue weighted by molar-refractivity contribution is -0.143. The van der Waals surface area contributed by atoms with Crippen molar-refractivity contribution in [2.75, 3.05) is 18.4 Å². The fourth-order valence-corrected chi connectivity index (χ4v) is 9.44. The Morgan fingerprint density at radius 1 is 0.635 bits per heavy atom. The molecule has 3 aromatic carbocycles. The van der Waals surface area contributed by atoms with E-state index in [2.05, 4.69) is 31.9 Å². The van der Waals surface area contributed by atoms with Crippen LogP contribution >= 0.6 is 12.2 Å². The number of carbonyl (C=O) groups is 10. The molecule has 6 amide bonds. The Morgan fingerprint density at radius 3 is 1.80 bits per heavy atom. The normalized spacial score (nSPS) is 14.4. The Labute approximate surface area is 489 Å². The van der Waals surface area contributed by atoms with Crippen molar-refractivity contribution in [3.05, 3.63) is 130 Å². The van der Waals surface area contributed by atoms with Crippen molar-refractivity contribution in [1.82, 2.24) is 37.2 Å². The van der Waals surface area contributed by atoms with Gasteiger partial charge < -0.3 is 77.6 Å². The van der Waals surface area contributed by atoms with Crippen LogP contribution < -0.4 is 48.0 Å². The number of nitrogens with one attached hydrogen (secondary N) is 8. The number of aliphatic carboxylic acids is 4. The van der Waals surface area contributed by atoms with Crippen LogP contribution in [0.3, 0.4) is 0 Å². The van der Waals surface area contributed by atoms with Crippen molar-refractivity contribution in [2.24, 2.45) is 5.92 Å². The molecule has 0 fully saturated rings. The number of fused-ring (bicyclic) bond motifs is 2. The number of urea groups is 1. The highest BCUT2D eigenvalue weighted by Crippen LogP contribution is 2.42. The van der Waals surface area contributed by atoms with Gasteiger partial charge in [0, 0.05) is 73.1 Å². The number of anilines is 1. The number of carboxylic acids is 5. The number of phenolic OH excluding ortho intramolecular Hbond substituents is 1. The summed E-state index contributed by atoms with van der Waals surface area (Å²) in [6.07, 6.45) is 3.46. The van der Waals surface area contributed by atoms with Crippen LogP contribution in [-0.2, 0) is 44.8 Å². The number of hydrogen-bond acceptors (Lipinski definition) is 14. The largest absolute Gasteiger partial charge is 0.508 e. The number of benzene rings is 4. The zero-order valence-corrected chi connectivity index (χ0v) is 46.4. The number of carboxylic acid groups (broad SMARTS) is 5. The Bertz CT molecular complexity index is 3460. The van der Waals surface area contributed by atoms with Crippen LogP contribution in [0.1, 0.15) is 74.2 Å². The monoisotopic (exact) mass is 1190 g/mol. The van der Waals surface area contributed by atoms with E-state index < -0.39 is 128 Å². The molecule has 0 saturated carbocycles. The summed E-state index contributed by atoms with van der Waals surface area (Å²) in [5.41, 5.74) is 2.39. The minimum atomic E-state index is -1.64. The van der Waals surface area contributed by atoms with Gasteiger partial charge in [-0.1, -0.05) is 67.1 Å². The summed E-state index contributed by atoms with van der Waals surface area (Å²) < 4.78 is 5.94. The first-order valence-electron chi connectivity index (χ1n) is 26.6. The van der Waals surface area contributed by atoms with E-state index in [0.29, 0.717) is 28.5 Å². The minimum absolute atomic E-state index is 0.0816. The fourth-order valence-electron chi connectivity index (χ4n) is 9.18. The highest BCUT2D eigenvalue weighted by molar-refractivity contribution is 7.80. The summed E-state index contributed by atoms with van der Waals surface area (Å²) in [6, 6.07) is 12.7. The van der Waals surface area contributed by atoms with E-state index in [-0.39, 0.29) is 76.3 Å². The highest BCUT2D eigenvalue weighted by atomic mass is 32.1. The molecule has 3 aromatic rings. The summed E-state index contributed by atoms with van der Waals surface area (Å²) in [4.78, 5) is 138. The third kappa shape index (κ3) is 19.2. The number of aromatic carboxylic acids is 1. The third-order valence-corrected chi connectivity index (χ3v) is 13.6. The third-order valence-electron chi connectivity index (χ3n) is 13.4. The van der Waals surface area contributed by atoms with Gasteiger partial charge in [0.1, 0.15) is 47.3 Å². The van der Waals surface area contributed by atoms with Crippen molar-refractivity contribution in [3.63, 3.8) is 0 Å². The molecule has 3 aliphatic rings. The van der Waals surface area contributed by atoms with Crippen LogP contribution in [0.5, 0.6) is 5.75 Å². The van der Waals surface area contributed by atoms with Gasteiger partial charge in [0.2, 0.25) is 23.6 Å². The molecule has 27 heteroatoms. The first-order valence-corrected chi connectivity index (χ1v) is 27.0. The van der Waals surface area contributed by atoms with Gasteiger partial charge in [-0.3, -0.25) is 28.8 Å². The van der Waals surface area contributed by atoms with E-state index in [1.165, 1.54) is 42.5 Å². The van der Waals surface area contributed by atoms with Crippen LogP contribution in [0.4, 0.5) is 10.5 Å². The van der Waals surface area contributed by atoms with Gasteiger partial charge >= 0.3 is 35.9 Å². The van der Waals surface area contributed by atoms with Crippen LogP contribution in [0.15, 0.2) is 118 Å². The van der Waals surface area contributed by atoms with Gasteiger partial charge in [-0.2, -0.15) is 0 Å². The maximum atomic E-state index is 14.5. The number of rotatable bonds is 29. The predicted octanol–water partition coefficient (Wildman–Crippen LogP) is 3.70. The molecule has 26 nitrogen and oxygen atoms in total. The second-order valence-electron chi connectivity index (χ2n) is 19.9. The SMILES string of the molecule is CC1C=CC=C(CC(NC(=S)Nc2ccc(-c3c4ccc(=O)cc-4oc4cc(O)ccc34)c(C(=O)O)c2)C(=O)NC(Cc2ccccc2)C(=O)N[C@H](CCC(=O)NCCNC(=O)CC[C@H](NC(=O)N[C@@H](CCC(=O)O)C(=O)O)C(=O)O)C(=O)O)C1. The van der Waals surface area contributed by atoms with Crippen LogP contribution in [0, 0.1) is 5.92 Å². The number of amides is 6. The average molecular weight is 1190 g/mol. The number of carbonyl (C=O) groups excluding carboxylic acids is 5. The highest BCUT2D eigenvalue weighted by Gasteiger charge is 2.32. The van der Waals surface area contributed by atoms with Gasteiger partial charge in [-0.05, 0) is 97.8 Å². The van der Waals surface area contributed by atoms with Crippen LogP contribution in [0.2, 0.25) is 0 Å². The van der Waals surface area contributed by atoms with Gasteiger partial charge in [-0.25, -0.2) is 24.0 Å². The second-order valence-corrected chi connectivity index (χ2v) is 20.3. The van der Waals surface area contributed by atoms with E-state index in [0.717, 1.165) is 5.57 Å². The summed E-state index contributed by atoms with van der Waals surface area (Å²) in [7, 11) is 0. The Morgan fingerprint density at radius 2 is 1.21 bits per heavy atom. The molecule has 0 spiro atoms. The van der Waals surface area contributed by atoms with Crippen LogP contribution in [0.25, 0.3) is 33.4 Å². The van der Waals surface area contributed by atoms with Crippen molar-refractivity contribution in [1.29, 1.82) is 0 Å². The van der Waals surface area contributed by atoms with Crippen LogP contribution in [-0.4, -0.2) is 139 Å². The molecule has 0 bridgehead atoms. The lowest BCUT2D eigenvalue weighted by atomic mass is 9.90. The Kier molecular flexibility index (Phi) is 22.7. The van der Waals surface area contributed by atoms with E-state index in [9.17, 15) is 78.3 Å². The molecule has 448 valence electrons. The summed E-state index contributed by atoms with van der Waals surface area (Å²) in [5, 5.41) is 79.0. The smallest absolute Gasteiger partial charge is 0.336 e. The molecular formula is C58H62N8O18S. The molecule has 14 N–H and O–H groups in total. The fraction of sp³-hybridized carbons (Fsp3) is 0.310. The first kappa shape index (κ1) is 64.0. The average Bonchev–Trinajstić information content (AvgIpc) is 1.17. The quantitative estimate of drug-likeness (QED) is 0.0184. The topological polar surface area (TPSA) is 419 Å². The standard InChI is InChI=1S/C58H62N8O18S/c1-30-6-5-9-32(24-30)26-44(66-58(85)61-33-10-13-36(39(27-33)53(75)76)50-37-14-11-34(67)28-45(37)84-46-29-35(68)12-15-38(46)50)52(74)63-43(25-31-7-3-2-4-8-31)51(73)62-40(54(77)78)16-19-47(69)59-22-23-60-48(70)20-17-41(55(79)80)64-57(83)65-42(56(81)82)18-21-49(71)72/h2-15,27-30,40-44,67H,16-26H2,1H3,(H,59,69)(H,60,70)(H,62,73)(H,63,74)(H,71,72)(H,75,76)(H,77,78)(H,79,80)(H,81,82)(H2,61,66,85)(H2,64,65,83)/t30?,40-,41+,42+,43?,44?/m1/s1. The minimum Gasteiger partial charge on any atom is -0.508 e. The molecule has 6 rings (SSSR count). The van der Waals surface area contributed by atoms with Gasteiger partial charge in [0.05, 0.1) is 5.56 Å². The van der Waals surface area contributed by atoms with Crippen molar-refractivity contribution < 1.29 is 83.0 Å². The molecule has 6 atom stereocenters. The summed E-state index contributed by atoms with van der Waals surface area (Å²) in [6.45, 7) is 1.67. The van der Waals surface area contributed by atoms with Crippen molar-refractivity contribution >= 4 is 93.5 Å². The summed E-state index contributed by atoms with van der Waals surface area (Å²) >= 11 is 5.72. The molecule has 3 unspecified atom stereocenters. The lowest BCUT2D eigenvalue weighted by Crippen LogP contribution is -2.57. The predicted molar refractivity (Wildman–Crippen MR) is 309 cm³/mol. The van der Waals surface area contributed by atoms with E-state index in [1.54, 1.807) is 42.5 Å². The number of phenols is 1. The molecular weight excluding hydrogens is 1130 g/mol. The van der Waals surface area contributed by atoms with Gasteiger partial charge in [-0.15, -0.1) is 0 Å². The maximum Gasteiger partial charge on any atom is 0.336 e. The molecule has 0 saturated heterocycles. The number of allylic oxidation sites excluding steroid dienone is 3. The molecule has 85 heavy (non-hydrogen) atoms. The Hall–Kier alpha value is -10.2. The molecule has 2 aliphatic carbocycles. The van der Waals surface area contributed by atoms with E-state index in [4.69, 9.17) is 21.7 Å². The Balaban J connectivity index is 1.08. The lowest BCUT2D eigenvalue weighted by Gasteiger charge is -2.27. The molecule has 0 radical (unpaired) electrons. The van der Waals surface area contributed by atoms with E-state index in [1.807, 2.05) is 35.8 Å². The van der Waals surface area contributed by atoms with Gasteiger partial charge in [0.15, 0.2) is 10.5 Å². The molecule has 1 aliphatic heterocycles. The second kappa shape index (κ2) is 30.2. The molecule has 1 heterocycles. The summed E-state index contributed by atoms with van der Waals surface area (Å²) in [5.74, 6) is -10.1. The zero-order valence-electron chi connectivity index (χ0n) is 45.5. The number of thiocarbonyl (C=S) groups is 1. The number of hydrogen-bond donors (Lipinski definition) is 14. The van der Waals surface area contributed by atoms with E-state index >= 15 is 0 Å². The number of aromatic hydroxyl groups is 1. The molecule has 0 aromatic heterocycles. The zero-order chi connectivity index (χ0) is 61.9. The first-order chi connectivity index (χ1) is 40.4. The van der Waals surface area contributed by atoms with Gasteiger partial charge in [0.25, 0.3) is 0 Å². The maximum absolute atomic E-state index is 14.5.